The monoisotopic (exact) mass is 399 g/mol. The van der Waals surface area contributed by atoms with Gasteiger partial charge in [0.25, 0.3) is 11.8 Å². The fourth-order valence-electron chi connectivity index (χ4n) is 3.85. The van der Waals surface area contributed by atoms with Gasteiger partial charge in [0.2, 0.25) is 0 Å². The van der Waals surface area contributed by atoms with Gasteiger partial charge in [0.1, 0.15) is 5.69 Å². The molecule has 1 aliphatic heterocycles. The molecular formula is C25H25N3O2. The van der Waals surface area contributed by atoms with E-state index in [9.17, 15) is 9.59 Å². The molecule has 0 saturated carbocycles. The Balaban J connectivity index is 1.54. The number of para-hydroxylation sites is 1. The minimum absolute atomic E-state index is 0.0693. The Morgan fingerprint density at radius 3 is 2.53 bits per heavy atom. The summed E-state index contributed by atoms with van der Waals surface area (Å²) in [4.78, 5) is 31.9. The smallest absolute Gasteiger partial charge is 0.274 e. The van der Waals surface area contributed by atoms with E-state index in [1.807, 2.05) is 49.4 Å². The zero-order valence-corrected chi connectivity index (χ0v) is 17.4. The van der Waals surface area contributed by atoms with E-state index in [4.69, 9.17) is 0 Å². The number of anilines is 2. The van der Waals surface area contributed by atoms with Crippen LogP contribution in [-0.4, -0.2) is 22.8 Å². The summed E-state index contributed by atoms with van der Waals surface area (Å²) in [5, 5.41) is 2.86. The number of nitrogens with zero attached hydrogens (tertiary/aromatic N) is 2. The van der Waals surface area contributed by atoms with Crippen molar-refractivity contribution in [2.24, 2.45) is 0 Å². The number of carbonyl (C=O) groups is 2. The second kappa shape index (κ2) is 8.11. The molecule has 1 atom stereocenters. The number of rotatable bonds is 4. The van der Waals surface area contributed by atoms with Crippen LogP contribution in [0, 0.1) is 0 Å². The van der Waals surface area contributed by atoms with Gasteiger partial charge in [-0.1, -0.05) is 44.2 Å². The molecule has 0 fully saturated rings. The summed E-state index contributed by atoms with van der Waals surface area (Å²) in [5.41, 5.74) is 4.67. The van der Waals surface area contributed by atoms with Crippen LogP contribution in [-0.2, 0) is 6.42 Å². The van der Waals surface area contributed by atoms with E-state index in [1.165, 1.54) is 11.8 Å². The van der Waals surface area contributed by atoms with E-state index in [0.29, 0.717) is 17.2 Å². The third-order valence-corrected chi connectivity index (χ3v) is 5.50. The van der Waals surface area contributed by atoms with E-state index in [1.54, 1.807) is 17.0 Å². The molecule has 2 amide bonds. The SMILES string of the molecule is CC(C)c1ccc(NC(=O)c2cc(C(=O)N3c4ccccc4CC3C)ccn2)cc1. The van der Waals surface area contributed by atoms with Gasteiger partial charge in [0.05, 0.1) is 0 Å². The second-order valence-corrected chi connectivity index (χ2v) is 8.02. The fourth-order valence-corrected chi connectivity index (χ4v) is 3.85. The van der Waals surface area contributed by atoms with Gasteiger partial charge in [-0.25, -0.2) is 0 Å². The first-order chi connectivity index (χ1) is 14.4. The summed E-state index contributed by atoms with van der Waals surface area (Å²) in [5.74, 6) is -0.0285. The van der Waals surface area contributed by atoms with Crippen molar-refractivity contribution in [1.29, 1.82) is 0 Å². The summed E-state index contributed by atoms with van der Waals surface area (Å²) in [6, 6.07) is 19.0. The third-order valence-electron chi connectivity index (χ3n) is 5.50. The van der Waals surface area contributed by atoms with Crippen molar-refractivity contribution in [1.82, 2.24) is 4.98 Å². The topological polar surface area (TPSA) is 62.3 Å². The lowest BCUT2D eigenvalue weighted by molar-refractivity contribution is 0.0981. The summed E-state index contributed by atoms with van der Waals surface area (Å²) >= 11 is 0. The predicted molar refractivity (Wildman–Crippen MR) is 119 cm³/mol. The van der Waals surface area contributed by atoms with Crippen LogP contribution in [0.25, 0.3) is 0 Å². The molecule has 1 unspecified atom stereocenters. The maximum atomic E-state index is 13.2. The fraction of sp³-hybridized carbons (Fsp3) is 0.240. The lowest BCUT2D eigenvalue weighted by atomic mass is 10.0. The number of carbonyl (C=O) groups excluding carboxylic acids is 2. The summed E-state index contributed by atoms with van der Waals surface area (Å²) in [6.07, 6.45) is 2.34. The molecule has 0 spiro atoms. The van der Waals surface area contributed by atoms with E-state index in [2.05, 4.69) is 30.2 Å². The van der Waals surface area contributed by atoms with Crippen molar-refractivity contribution in [3.63, 3.8) is 0 Å². The van der Waals surface area contributed by atoms with Crippen LogP contribution in [0.1, 0.15) is 58.7 Å². The summed E-state index contributed by atoms with van der Waals surface area (Å²) in [6.45, 7) is 6.28. The lowest BCUT2D eigenvalue weighted by Gasteiger charge is -2.23. The van der Waals surface area contributed by atoms with Crippen LogP contribution in [0.4, 0.5) is 11.4 Å². The van der Waals surface area contributed by atoms with Crippen LogP contribution in [0.3, 0.4) is 0 Å². The molecule has 30 heavy (non-hydrogen) atoms. The molecule has 2 heterocycles. The third kappa shape index (κ3) is 3.83. The van der Waals surface area contributed by atoms with Crippen LogP contribution in [0.5, 0.6) is 0 Å². The molecule has 5 heteroatoms. The van der Waals surface area contributed by atoms with E-state index in [-0.39, 0.29) is 23.6 Å². The molecule has 1 aromatic heterocycles. The molecule has 4 rings (SSSR count). The molecule has 1 aliphatic rings. The highest BCUT2D eigenvalue weighted by Crippen LogP contribution is 2.33. The van der Waals surface area contributed by atoms with Crippen molar-refractivity contribution in [3.05, 3.63) is 89.2 Å². The Labute approximate surface area is 176 Å². The molecule has 3 aromatic rings. The minimum atomic E-state index is -0.336. The zero-order chi connectivity index (χ0) is 21.3. The molecule has 0 radical (unpaired) electrons. The number of pyridine rings is 1. The quantitative estimate of drug-likeness (QED) is 0.668. The average Bonchev–Trinajstić information content (AvgIpc) is 3.09. The number of hydrogen-bond acceptors (Lipinski definition) is 3. The first kappa shape index (κ1) is 19.8. The minimum Gasteiger partial charge on any atom is -0.321 e. The normalized spacial score (nSPS) is 15.2. The molecule has 0 aliphatic carbocycles. The van der Waals surface area contributed by atoms with Gasteiger partial charge in [-0.2, -0.15) is 0 Å². The highest BCUT2D eigenvalue weighted by molar-refractivity contribution is 6.10. The summed E-state index contributed by atoms with van der Waals surface area (Å²) < 4.78 is 0. The first-order valence-corrected chi connectivity index (χ1v) is 10.2. The van der Waals surface area contributed by atoms with Crippen molar-refractivity contribution in [3.8, 4) is 0 Å². The Hall–Kier alpha value is -3.47. The number of fused-ring (bicyclic) bond motifs is 1. The predicted octanol–water partition coefficient (Wildman–Crippen LogP) is 5.05. The van der Waals surface area contributed by atoms with Crippen molar-refractivity contribution in [2.45, 2.75) is 39.2 Å². The van der Waals surface area contributed by atoms with Gasteiger partial charge in [0.15, 0.2) is 0 Å². The molecule has 1 N–H and O–H groups in total. The molecule has 0 saturated heterocycles. The van der Waals surface area contributed by atoms with Gasteiger partial charge in [-0.05, 0) is 60.7 Å². The maximum absolute atomic E-state index is 13.2. The maximum Gasteiger partial charge on any atom is 0.274 e. The highest BCUT2D eigenvalue weighted by atomic mass is 16.2. The second-order valence-electron chi connectivity index (χ2n) is 8.02. The molecule has 0 bridgehead atoms. The van der Waals surface area contributed by atoms with Crippen LogP contribution >= 0.6 is 0 Å². The van der Waals surface area contributed by atoms with E-state index in [0.717, 1.165) is 17.7 Å². The van der Waals surface area contributed by atoms with Crippen molar-refractivity contribution >= 4 is 23.2 Å². The molecular weight excluding hydrogens is 374 g/mol. The number of amides is 2. The number of benzene rings is 2. The first-order valence-electron chi connectivity index (χ1n) is 10.2. The van der Waals surface area contributed by atoms with E-state index < -0.39 is 0 Å². The Bertz CT molecular complexity index is 1090. The van der Waals surface area contributed by atoms with Crippen molar-refractivity contribution in [2.75, 3.05) is 10.2 Å². The number of aromatic nitrogens is 1. The number of hydrogen-bond donors (Lipinski definition) is 1. The zero-order valence-electron chi connectivity index (χ0n) is 17.4. The number of nitrogens with one attached hydrogen (secondary N) is 1. The average molecular weight is 399 g/mol. The highest BCUT2D eigenvalue weighted by Gasteiger charge is 2.31. The van der Waals surface area contributed by atoms with Crippen LogP contribution < -0.4 is 10.2 Å². The largest absolute Gasteiger partial charge is 0.321 e. The van der Waals surface area contributed by atoms with Crippen LogP contribution in [0.15, 0.2) is 66.9 Å². The van der Waals surface area contributed by atoms with Gasteiger partial charge in [-0.3, -0.25) is 14.6 Å². The van der Waals surface area contributed by atoms with Gasteiger partial charge in [0, 0.05) is 29.2 Å². The Morgan fingerprint density at radius 1 is 1.07 bits per heavy atom. The van der Waals surface area contributed by atoms with Gasteiger partial charge >= 0.3 is 0 Å². The Kier molecular flexibility index (Phi) is 5.36. The lowest BCUT2D eigenvalue weighted by Crippen LogP contribution is -2.35. The van der Waals surface area contributed by atoms with Crippen molar-refractivity contribution < 1.29 is 9.59 Å². The summed E-state index contributed by atoms with van der Waals surface area (Å²) in [7, 11) is 0. The van der Waals surface area contributed by atoms with Crippen LogP contribution in [0.2, 0.25) is 0 Å². The Morgan fingerprint density at radius 2 is 1.80 bits per heavy atom. The van der Waals surface area contributed by atoms with Gasteiger partial charge < -0.3 is 10.2 Å². The molecule has 2 aromatic carbocycles. The molecule has 152 valence electrons. The molecule has 5 nitrogen and oxygen atoms in total. The van der Waals surface area contributed by atoms with Gasteiger partial charge in [-0.15, -0.1) is 0 Å². The van der Waals surface area contributed by atoms with E-state index >= 15 is 0 Å². The standard InChI is InChI=1S/C25H25N3O2/c1-16(2)18-8-10-21(11-9-18)27-24(29)22-15-20(12-13-26-22)25(30)28-17(3)14-19-6-4-5-7-23(19)28/h4-13,15-17H,14H2,1-3H3,(H,27,29).